The van der Waals surface area contributed by atoms with E-state index in [-0.39, 0.29) is 24.4 Å². The molecule has 2 fully saturated rings. The molecular formula is C12H23ClN2O2S. The van der Waals surface area contributed by atoms with Gasteiger partial charge in [-0.15, -0.1) is 24.2 Å². The zero-order chi connectivity index (χ0) is 12.1. The van der Waals surface area contributed by atoms with Crippen LogP contribution in [0.5, 0.6) is 0 Å². The Hall–Kier alpha value is 0.0300. The van der Waals surface area contributed by atoms with Crippen LogP contribution in [0.25, 0.3) is 0 Å². The highest BCUT2D eigenvalue weighted by atomic mass is 35.5. The number of amides is 1. The molecule has 1 N–H and O–H groups in total. The normalized spacial score (nSPS) is 24.6. The Morgan fingerprint density at radius 3 is 2.78 bits per heavy atom. The average Bonchev–Trinajstić information content (AvgIpc) is 2.90. The van der Waals surface area contributed by atoms with Gasteiger partial charge in [0.15, 0.2) is 0 Å². The smallest absolute Gasteiger partial charge is 0.240 e. The van der Waals surface area contributed by atoms with E-state index in [1.807, 2.05) is 11.9 Å². The summed E-state index contributed by atoms with van der Waals surface area (Å²) in [4.78, 5) is 13.9. The van der Waals surface area contributed by atoms with Gasteiger partial charge in [-0.3, -0.25) is 10.1 Å². The molecule has 0 bridgehead atoms. The van der Waals surface area contributed by atoms with Crippen molar-refractivity contribution in [2.45, 2.75) is 25.3 Å². The summed E-state index contributed by atoms with van der Waals surface area (Å²) in [5.74, 6) is 2.82. The molecule has 2 aliphatic heterocycles. The molecule has 1 unspecified atom stereocenters. The summed E-state index contributed by atoms with van der Waals surface area (Å²) >= 11 is 1.80. The van der Waals surface area contributed by atoms with Gasteiger partial charge >= 0.3 is 0 Å². The standard InChI is InChI=1S/C12H22N2O2S.ClH/c1-14(12(15)11-8-17-9-13-11)5-2-10-3-6-16-7-4-10;/h10-11,13H,2-9H2,1H3;1H. The van der Waals surface area contributed by atoms with Crippen LogP contribution in [-0.4, -0.2) is 55.3 Å². The van der Waals surface area contributed by atoms with Crippen LogP contribution in [-0.2, 0) is 9.53 Å². The number of carbonyl (C=O) groups is 1. The molecule has 0 aromatic heterocycles. The summed E-state index contributed by atoms with van der Waals surface area (Å²) in [5, 5.41) is 3.23. The van der Waals surface area contributed by atoms with Gasteiger partial charge in [0.2, 0.25) is 5.91 Å². The number of thioether (sulfide) groups is 1. The summed E-state index contributed by atoms with van der Waals surface area (Å²) < 4.78 is 5.34. The molecule has 4 nitrogen and oxygen atoms in total. The van der Waals surface area contributed by atoms with Crippen LogP contribution >= 0.6 is 24.2 Å². The number of carbonyl (C=O) groups excluding carboxylic acids is 1. The lowest BCUT2D eigenvalue weighted by atomic mass is 9.96. The minimum atomic E-state index is 0. The predicted octanol–water partition coefficient (Wildman–Crippen LogP) is 1.35. The number of hydrogen-bond acceptors (Lipinski definition) is 4. The first-order chi connectivity index (χ1) is 8.27. The van der Waals surface area contributed by atoms with E-state index in [2.05, 4.69) is 5.32 Å². The Morgan fingerprint density at radius 1 is 1.44 bits per heavy atom. The second kappa shape index (κ2) is 8.25. The van der Waals surface area contributed by atoms with E-state index in [1.165, 1.54) is 0 Å². The minimum absolute atomic E-state index is 0. The molecule has 2 rings (SSSR count). The van der Waals surface area contributed by atoms with Crippen molar-refractivity contribution in [1.29, 1.82) is 0 Å². The van der Waals surface area contributed by atoms with Crippen LogP contribution in [0.3, 0.4) is 0 Å². The lowest BCUT2D eigenvalue weighted by molar-refractivity contribution is -0.131. The number of hydrogen-bond donors (Lipinski definition) is 1. The topological polar surface area (TPSA) is 41.6 Å². The molecule has 18 heavy (non-hydrogen) atoms. The molecule has 0 saturated carbocycles. The molecule has 1 atom stereocenters. The lowest BCUT2D eigenvalue weighted by Crippen LogP contribution is -2.43. The molecule has 106 valence electrons. The predicted molar refractivity (Wildman–Crippen MR) is 77.3 cm³/mol. The molecule has 0 radical (unpaired) electrons. The molecule has 6 heteroatoms. The van der Waals surface area contributed by atoms with Gasteiger partial charge in [-0.05, 0) is 25.2 Å². The molecule has 0 aromatic carbocycles. The maximum atomic E-state index is 12.0. The van der Waals surface area contributed by atoms with E-state index < -0.39 is 0 Å². The molecule has 0 aromatic rings. The monoisotopic (exact) mass is 294 g/mol. The SMILES string of the molecule is CN(CCC1CCOCC1)C(=O)C1CSCN1.Cl. The van der Waals surface area contributed by atoms with Crippen LogP contribution in [0.4, 0.5) is 0 Å². The second-order valence-electron chi connectivity index (χ2n) is 4.88. The quantitative estimate of drug-likeness (QED) is 0.850. The number of nitrogens with zero attached hydrogens (tertiary/aromatic N) is 1. The molecule has 2 saturated heterocycles. The highest BCUT2D eigenvalue weighted by molar-refractivity contribution is 7.99. The Kier molecular flexibility index (Phi) is 7.37. The summed E-state index contributed by atoms with van der Waals surface area (Å²) in [6.07, 6.45) is 3.42. The van der Waals surface area contributed by atoms with Gasteiger partial charge in [0.1, 0.15) is 0 Å². The highest BCUT2D eigenvalue weighted by Gasteiger charge is 2.25. The number of nitrogens with one attached hydrogen (secondary N) is 1. The van der Waals surface area contributed by atoms with Gasteiger partial charge in [0, 0.05) is 38.4 Å². The minimum Gasteiger partial charge on any atom is -0.381 e. The highest BCUT2D eigenvalue weighted by Crippen LogP contribution is 2.19. The fourth-order valence-electron chi connectivity index (χ4n) is 2.34. The van der Waals surface area contributed by atoms with Crippen molar-refractivity contribution in [3.05, 3.63) is 0 Å². The van der Waals surface area contributed by atoms with Crippen molar-refractivity contribution in [1.82, 2.24) is 10.2 Å². The van der Waals surface area contributed by atoms with Gasteiger partial charge in [-0.25, -0.2) is 0 Å². The second-order valence-corrected chi connectivity index (χ2v) is 5.91. The fraction of sp³-hybridized carbons (Fsp3) is 0.917. The third-order valence-electron chi connectivity index (χ3n) is 3.60. The van der Waals surface area contributed by atoms with Crippen molar-refractivity contribution in [2.75, 3.05) is 38.4 Å². The lowest BCUT2D eigenvalue weighted by Gasteiger charge is -2.26. The van der Waals surface area contributed by atoms with Gasteiger partial charge in [0.05, 0.1) is 6.04 Å². The first-order valence-corrected chi connectivity index (χ1v) is 7.56. The van der Waals surface area contributed by atoms with E-state index in [4.69, 9.17) is 4.74 Å². The summed E-state index contributed by atoms with van der Waals surface area (Å²) in [7, 11) is 1.92. The Bertz CT molecular complexity index is 256. The Labute approximate surface area is 120 Å². The first kappa shape index (κ1) is 16.1. The van der Waals surface area contributed by atoms with Crippen LogP contribution in [0.15, 0.2) is 0 Å². The Balaban J connectivity index is 0.00000162. The fourth-order valence-corrected chi connectivity index (χ4v) is 3.27. The summed E-state index contributed by atoms with van der Waals surface area (Å²) in [6, 6.07) is 0.0414. The summed E-state index contributed by atoms with van der Waals surface area (Å²) in [6.45, 7) is 2.67. The zero-order valence-electron chi connectivity index (χ0n) is 10.9. The van der Waals surface area contributed by atoms with Crippen LogP contribution in [0.1, 0.15) is 19.3 Å². The van der Waals surface area contributed by atoms with Gasteiger partial charge in [-0.1, -0.05) is 0 Å². The maximum Gasteiger partial charge on any atom is 0.240 e. The Morgan fingerprint density at radius 2 is 2.17 bits per heavy atom. The van der Waals surface area contributed by atoms with Gasteiger partial charge in [0.25, 0.3) is 0 Å². The number of rotatable bonds is 4. The van der Waals surface area contributed by atoms with E-state index in [0.29, 0.717) is 0 Å². The van der Waals surface area contributed by atoms with E-state index >= 15 is 0 Å². The van der Waals surface area contributed by atoms with E-state index in [9.17, 15) is 4.79 Å². The van der Waals surface area contributed by atoms with Crippen LogP contribution in [0, 0.1) is 5.92 Å². The third kappa shape index (κ3) is 4.61. The van der Waals surface area contributed by atoms with E-state index in [1.54, 1.807) is 11.8 Å². The molecule has 2 heterocycles. The molecule has 1 amide bonds. The first-order valence-electron chi connectivity index (χ1n) is 6.41. The van der Waals surface area contributed by atoms with Crippen molar-refractivity contribution >= 4 is 30.1 Å². The largest absolute Gasteiger partial charge is 0.381 e. The summed E-state index contributed by atoms with van der Waals surface area (Å²) in [5.41, 5.74) is 0. The molecular weight excluding hydrogens is 272 g/mol. The molecule has 0 spiro atoms. The van der Waals surface area contributed by atoms with Crippen molar-refractivity contribution in [3.63, 3.8) is 0 Å². The van der Waals surface area contributed by atoms with Crippen LogP contribution in [0.2, 0.25) is 0 Å². The number of halogens is 1. The van der Waals surface area contributed by atoms with Crippen LogP contribution < -0.4 is 5.32 Å². The van der Waals surface area contributed by atoms with E-state index in [0.717, 1.165) is 56.6 Å². The molecule has 2 aliphatic rings. The zero-order valence-corrected chi connectivity index (χ0v) is 12.5. The number of ether oxygens (including phenoxy) is 1. The van der Waals surface area contributed by atoms with Gasteiger partial charge in [-0.2, -0.15) is 0 Å². The third-order valence-corrected chi connectivity index (χ3v) is 4.54. The molecule has 0 aliphatic carbocycles. The van der Waals surface area contributed by atoms with Crippen molar-refractivity contribution in [3.8, 4) is 0 Å². The van der Waals surface area contributed by atoms with Crippen molar-refractivity contribution in [2.24, 2.45) is 5.92 Å². The van der Waals surface area contributed by atoms with Crippen molar-refractivity contribution < 1.29 is 9.53 Å². The van der Waals surface area contributed by atoms with Gasteiger partial charge < -0.3 is 9.64 Å². The average molecular weight is 295 g/mol. The number of likely N-dealkylation sites (N-methyl/N-ethyl adjacent to an activating group) is 1. The maximum absolute atomic E-state index is 12.0.